The Kier molecular flexibility index (Phi) is 9.13. The number of morpholine rings is 1. The molecule has 0 spiro atoms. The van der Waals surface area contributed by atoms with Crippen LogP contribution >= 0.6 is 0 Å². The number of hydrogen-bond donors (Lipinski definition) is 1. The average Bonchev–Trinajstić information content (AvgIpc) is 2.81. The van der Waals surface area contributed by atoms with E-state index in [0.29, 0.717) is 51.4 Å². The van der Waals surface area contributed by atoms with Crippen molar-refractivity contribution in [3.63, 3.8) is 0 Å². The summed E-state index contributed by atoms with van der Waals surface area (Å²) < 4.78 is 37.9. The minimum Gasteiger partial charge on any atom is -0.496 e. The van der Waals surface area contributed by atoms with E-state index in [0.717, 1.165) is 31.6 Å². The highest BCUT2D eigenvalue weighted by Gasteiger charge is 2.27. The van der Waals surface area contributed by atoms with Gasteiger partial charge in [0.2, 0.25) is 15.9 Å². The third kappa shape index (κ3) is 6.90. The van der Waals surface area contributed by atoms with Crippen molar-refractivity contribution in [3.8, 4) is 5.75 Å². The molecule has 1 aromatic rings. The summed E-state index contributed by atoms with van der Waals surface area (Å²) in [5, 5.41) is 2.98. The molecule has 0 saturated carbocycles. The summed E-state index contributed by atoms with van der Waals surface area (Å²) in [5.74, 6) is 0.570. The molecule has 2 heterocycles. The first-order valence-corrected chi connectivity index (χ1v) is 12.7. The summed E-state index contributed by atoms with van der Waals surface area (Å²) >= 11 is 0. The minimum absolute atomic E-state index is 0.0258. The van der Waals surface area contributed by atoms with Crippen LogP contribution in [0, 0.1) is 0 Å². The zero-order chi connectivity index (χ0) is 22.1. The summed E-state index contributed by atoms with van der Waals surface area (Å²) in [7, 11) is -2.03. The molecule has 0 atom stereocenters. The van der Waals surface area contributed by atoms with Crippen molar-refractivity contribution in [2.75, 3.05) is 59.6 Å². The van der Waals surface area contributed by atoms with E-state index < -0.39 is 10.0 Å². The van der Waals surface area contributed by atoms with Crippen molar-refractivity contribution >= 4 is 15.9 Å². The van der Waals surface area contributed by atoms with Crippen molar-refractivity contribution in [1.29, 1.82) is 0 Å². The van der Waals surface area contributed by atoms with Crippen molar-refractivity contribution in [1.82, 2.24) is 14.5 Å². The van der Waals surface area contributed by atoms with Gasteiger partial charge in [-0.2, -0.15) is 4.31 Å². The zero-order valence-electron chi connectivity index (χ0n) is 18.5. The van der Waals surface area contributed by atoms with Gasteiger partial charge >= 0.3 is 0 Å². The van der Waals surface area contributed by atoms with Crippen molar-refractivity contribution in [3.05, 3.63) is 23.8 Å². The second-order valence-electron chi connectivity index (χ2n) is 8.10. The van der Waals surface area contributed by atoms with E-state index in [2.05, 4.69) is 10.2 Å². The molecule has 0 aromatic heterocycles. The third-order valence-corrected chi connectivity index (χ3v) is 7.80. The molecule has 1 aromatic carbocycles. The van der Waals surface area contributed by atoms with Crippen molar-refractivity contribution in [2.45, 2.75) is 43.4 Å². The minimum atomic E-state index is -3.58. The highest BCUT2D eigenvalue weighted by atomic mass is 32.2. The second-order valence-corrected chi connectivity index (χ2v) is 10.0. The number of nitrogens with one attached hydrogen (secondary N) is 1. The maximum absolute atomic E-state index is 12.9. The van der Waals surface area contributed by atoms with Crippen LogP contribution in [0.15, 0.2) is 23.1 Å². The van der Waals surface area contributed by atoms with Gasteiger partial charge < -0.3 is 19.7 Å². The van der Waals surface area contributed by atoms with Crippen LogP contribution in [0.2, 0.25) is 0 Å². The summed E-state index contributed by atoms with van der Waals surface area (Å²) in [4.78, 5) is 15.0. The number of nitrogens with zero attached hydrogens (tertiary/aromatic N) is 2. The van der Waals surface area contributed by atoms with Crippen LogP contribution in [0.4, 0.5) is 0 Å². The molecule has 174 valence electrons. The lowest BCUT2D eigenvalue weighted by Gasteiger charge is -2.26. The van der Waals surface area contributed by atoms with Gasteiger partial charge in [-0.15, -0.1) is 0 Å². The lowest BCUT2D eigenvalue weighted by molar-refractivity contribution is -0.121. The standard InChI is InChI=1S/C22H35N3O5S/c1-29-21-8-7-20(31(27,28)25-14-16-30-17-15-25)18-19(21)6-9-22(26)23-10-5-13-24-11-3-2-4-12-24/h7-8,18H,2-6,9-17H2,1H3,(H,23,26). The van der Waals surface area contributed by atoms with E-state index >= 15 is 0 Å². The zero-order valence-corrected chi connectivity index (χ0v) is 19.3. The van der Waals surface area contributed by atoms with Crippen molar-refractivity contribution < 1.29 is 22.7 Å². The van der Waals surface area contributed by atoms with Gasteiger partial charge in [0, 0.05) is 26.1 Å². The molecule has 0 radical (unpaired) electrons. The number of carbonyl (C=O) groups excluding carboxylic acids is 1. The molecule has 8 nitrogen and oxygen atoms in total. The number of likely N-dealkylation sites (tertiary alicyclic amines) is 1. The Morgan fingerprint density at radius 3 is 2.58 bits per heavy atom. The number of benzene rings is 1. The predicted molar refractivity (Wildman–Crippen MR) is 119 cm³/mol. The number of methoxy groups -OCH3 is 1. The highest BCUT2D eigenvalue weighted by molar-refractivity contribution is 7.89. The average molecular weight is 454 g/mol. The Hall–Kier alpha value is -1.68. The normalized spacial score (nSPS) is 18.6. The van der Waals surface area contributed by atoms with Gasteiger partial charge in [0.25, 0.3) is 0 Å². The van der Waals surface area contributed by atoms with E-state index in [1.807, 2.05) is 0 Å². The number of rotatable bonds is 10. The maximum atomic E-state index is 12.9. The molecule has 2 aliphatic rings. The first kappa shape index (κ1) is 24.0. The topological polar surface area (TPSA) is 88.2 Å². The Balaban J connectivity index is 1.51. The van der Waals surface area contributed by atoms with Crippen LogP contribution in [-0.4, -0.2) is 83.1 Å². The van der Waals surface area contributed by atoms with Gasteiger partial charge in [-0.3, -0.25) is 4.79 Å². The quantitative estimate of drug-likeness (QED) is 0.542. The molecule has 0 aliphatic carbocycles. The number of carbonyl (C=O) groups is 1. The van der Waals surface area contributed by atoms with Crippen molar-refractivity contribution in [2.24, 2.45) is 0 Å². The van der Waals surface area contributed by atoms with Crippen LogP contribution in [0.1, 0.15) is 37.7 Å². The molecule has 2 saturated heterocycles. The second kappa shape index (κ2) is 11.8. The van der Waals surface area contributed by atoms with Gasteiger partial charge in [0.15, 0.2) is 0 Å². The Bertz CT molecular complexity index is 818. The van der Waals surface area contributed by atoms with E-state index in [9.17, 15) is 13.2 Å². The smallest absolute Gasteiger partial charge is 0.243 e. The number of sulfonamides is 1. The maximum Gasteiger partial charge on any atom is 0.243 e. The summed E-state index contributed by atoms with van der Waals surface area (Å²) in [5.41, 5.74) is 0.723. The predicted octanol–water partition coefficient (Wildman–Crippen LogP) is 1.64. The van der Waals surface area contributed by atoms with Crippen LogP contribution < -0.4 is 10.1 Å². The molecule has 9 heteroatoms. The van der Waals surface area contributed by atoms with E-state index in [1.54, 1.807) is 25.3 Å². The lowest BCUT2D eigenvalue weighted by atomic mass is 10.1. The van der Waals surface area contributed by atoms with Gasteiger partial charge in [0.05, 0.1) is 25.2 Å². The van der Waals surface area contributed by atoms with Gasteiger partial charge in [-0.25, -0.2) is 8.42 Å². The van der Waals surface area contributed by atoms with Gasteiger partial charge in [-0.05, 0) is 69.1 Å². The molecular weight excluding hydrogens is 418 g/mol. The molecule has 2 fully saturated rings. The fourth-order valence-corrected chi connectivity index (χ4v) is 5.56. The molecule has 1 amide bonds. The van der Waals surface area contributed by atoms with E-state index in [4.69, 9.17) is 9.47 Å². The van der Waals surface area contributed by atoms with E-state index in [-0.39, 0.29) is 10.8 Å². The highest BCUT2D eigenvalue weighted by Crippen LogP contribution is 2.26. The first-order chi connectivity index (χ1) is 15.0. The molecule has 0 unspecified atom stereocenters. The number of piperidine rings is 1. The number of amides is 1. The number of hydrogen-bond acceptors (Lipinski definition) is 6. The Labute approximate surface area is 185 Å². The lowest BCUT2D eigenvalue weighted by Crippen LogP contribution is -2.40. The Morgan fingerprint density at radius 2 is 1.87 bits per heavy atom. The summed E-state index contributed by atoms with van der Waals surface area (Å²) in [6.45, 7) is 5.52. The molecule has 2 aliphatic heterocycles. The first-order valence-electron chi connectivity index (χ1n) is 11.2. The van der Waals surface area contributed by atoms with Gasteiger partial charge in [0.1, 0.15) is 5.75 Å². The van der Waals surface area contributed by atoms with E-state index in [1.165, 1.54) is 23.6 Å². The number of ether oxygens (including phenoxy) is 2. The molecule has 0 bridgehead atoms. The molecule has 1 N–H and O–H groups in total. The molecule has 31 heavy (non-hydrogen) atoms. The SMILES string of the molecule is COc1ccc(S(=O)(=O)N2CCOCC2)cc1CCC(=O)NCCCN1CCCCC1. The fraction of sp³-hybridized carbons (Fsp3) is 0.682. The summed E-state index contributed by atoms with van der Waals surface area (Å²) in [6.07, 6.45) is 5.53. The molecule has 3 rings (SSSR count). The largest absolute Gasteiger partial charge is 0.496 e. The monoisotopic (exact) mass is 453 g/mol. The molecular formula is C22H35N3O5S. The van der Waals surface area contributed by atoms with Crippen LogP contribution in [0.5, 0.6) is 5.75 Å². The third-order valence-electron chi connectivity index (χ3n) is 5.90. The number of aryl methyl sites for hydroxylation is 1. The van der Waals surface area contributed by atoms with Crippen LogP contribution in [0.25, 0.3) is 0 Å². The summed E-state index contributed by atoms with van der Waals surface area (Å²) in [6, 6.07) is 4.86. The van der Waals surface area contributed by atoms with Gasteiger partial charge in [-0.1, -0.05) is 6.42 Å². The Morgan fingerprint density at radius 1 is 1.13 bits per heavy atom. The van der Waals surface area contributed by atoms with Crippen LogP contribution in [-0.2, 0) is 26.0 Å². The fourth-order valence-electron chi connectivity index (χ4n) is 4.10. The van der Waals surface area contributed by atoms with Crippen LogP contribution in [0.3, 0.4) is 0 Å².